The number of anilines is 1. The Morgan fingerprint density at radius 3 is 2.54 bits per heavy atom. The van der Waals surface area contributed by atoms with Crippen molar-refractivity contribution in [3.05, 3.63) is 59.7 Å². The van der Waals surface area contributed by atoms with Gasteiger partial charge in [-0.3, -0.25) is 9.88 Å². The summed E-state index contributed by atoms with van der Waals surface area (Å²) in [7, 11) is 0. The SMILES string of the molecule is Cc1ccc(NC(=S)N2CCN(Cc3ccncc3)CC2)cc1F. The number of nitrogens with zero attached hydrogens (tertiary/aromatic N) is 3. The van der Waals surface area contributed by atoms with E-state index in [0.29, 0.717) is 16.4 Å². The molecule has 0 aliphatic carbocycles. The summed E-state index contributed by atoms with van der Waals surface area (Å²) < 4.78 is 13.6. The number of aromatic nitrogens is 1. The zero-order chi connectivity index (χ0) is 16.9. The minimum Gasteiger partial charge on any atom is -0.346 e. The average molecular weight is 344 g/mol. The zero-order valence-electron chi connectivity index (χ0n) is 13.7. The quantitative estimate of drug-likeness (QED) is 0.865. The normalized spacial score (nSPS) is 15.3. The highest BCUT2D eigenvalue weighted by Crippen LogP contribution is 2.15. The van der Waals surface area contributed by atoms with Gasteiger partial charge in [-0.15, -0.1) is 0 Å². The molecule has 3 rings (SSSR count). The largest absolute Gasteiger partial charge is 0.346 e. The molecule has 6 heteroatoms. The van der Waals surface area contributed by atoms with Crippen LogP contribution in [0.2, 0.25) is 0 Å². The Labute approximate surface area is 147 Å². The van der Waals surface area contributed by atoms with Gasteiger partial charge in [0.05, 0.1) is 0 Å². The van der Waals surface area contributed by atoms with Crippen LogP contribution in [-0.2, 0) is 6.54 Å². The summed E-state index contributed by atoms with van der Waals surface area (Å²) in [4.78, 5) is 8.58. The monoisotopic (exact) mass is 344 g/mol. The van der Waals surface area contributed by atoms with Crippen LogP contribution in [0.3, 0.4) is 0 Å². The second-order valence-corrected chi connectivity index (χ2v) is 6.40. The Kier molecular flexibility index (Phi) is 5.37. The molecule has 1 aromatic carbocycles. The minimum absolute atomic E-state index is 0.218. The van der Waals surface area contributed by atoms with Crippen molar-refractivity contribution < 1.29 is 4.39 Å². The highest BCUT2D eigenvalue weighted by Gasteiger charge is 2.19. The molecule has 0 amide bonds. The number of thiocarbonyl (C=S) groups is 1. The fraction of sp³-hybridized carbons (Fsp3) is 0.333. The first-order valence-corrected chi connectivity index (χ1v) is 8.46. The van der Waals surface area contributed by atoms with E-state index >= 15 is 0 Å². The first-order valence-electron chi connectivity index (χ1n) is 8.05. The maximum Gasteiger partial charge on any atom is 0.173 e. The molecule has 1 aromatic heterocycles. The molecular formula is C18H21FN4S. The molecule has 24 heavy (non-hydrogen) atoms. The number of hydrogen-bond acceptors (Lipinski definition) is 3. The van der Waals surface area contributed by atoms with Gasteiger partial charge in [0, 0.05) is 50.8 Å². The molecule has 1 fully saturated rings. The third-order valence-electron chi connectivity index (χ3n) is 4.24. The number of pyridine rings is 1. The van der Waals surface area contributed by atoms with Gasteiger partial charge in [0.2, 0.25) is 0 Å². The van der Waals surface area contributed by atoms with Crippen LogP contribution in [0.15, 0.2) is 42.7 Å². The molecule has 0 saturated carbocycles. The fourth-order valence-corrected chi connectivity index (χ4v) is 3.03. The lowest BCUT2D eigenvalue weighted by Gasteiger charge is -2.36. The Morgan fingerprint density at radius 2 is 1.88 bits per heavy atom. The van der Waals surface area contributed by atoms with E-state index in [0.717, 1.165) is 32.7 Å². The van der Waals surface area contributed by atoms with Crippen LogP contribution in [0.5, 0.6) is 0 Å². The zero-order valence-corrected chi connectivity index (χ0v) is 14.5. The number of aryl methyl sites for hydroxylation is 1. The van der Waals surface area contributed by atoms with Gasteiger partial charge in [0.25, 0.3) is 0 Å². The van der Waals surface area contributed by atoms with Gasteiger partial charge in [0.15, 0.2) is 5.11 Å². The van der Waals surface area contributed by atoms with Crippen molar-refractivity contribution in [3.8, 4) is 0 Å². The van der Waals surface area contributed by atoms with Gasteiger partial charge in [-0.25, -0.2) is 4.39 Å². The predicted octanol–water partition coefficient (Wildman–Crippen LogP) is 3.04. The Bertz CT molecular complexity index is 699. The molecule has 1 N–H and O–H groups in total. The number of halogens is 1. The molecule has 0 radical (unpaired) electrons. The van der Waals surface area contributed by atoms with Crippen molar-refractivity contribution in [1.82, 2.24) is 14.8 Å². The van der Waals surface area contributed by atoms with Crippen LogP contribution in [0, 0.1) is 12.7 Å². The van der Waals surface area contributed by atoms with Crippen LogP contribution in [0.1, 0.15) is 11.1 Å². The first kappa shape index (κ1) is 16.8. The summed E-state index contributed by atoms with van der Waals surface area (Å²) in [5.41, 5.74) is 2.60. The van der Waals surface area contributed by atoms with E-state index in [1.807, 2.05) is 30.6 Å². The van der Waals surface area contributed by atoms with Crippen molar-refractivity contribution >= 4 is 23.0 Å². The predicted molar refractivity (Wildman–Crippen MR) is 98.4 cm³/mol. The van der Waals surface area contributed by atoms with Gasteiger partial charge >= 0.3 is 0 Å². The fourth-order valence-electron chi connectivity index (χ4n) is 2.73. The molecule has 1 saturated heterocycles. The summed E-state index contributed by atoms with van der Waals surface area (Å²) in [6.45, 7) is 6.31. The topological polar surface area (TPSA) is 31.4 Å². The summed E-state index contributed by atoms with van der Waals surface area (Å²) in [5, 5.41) is 3.79. The maximum atomic E-state index is 13.6. The van der Waals surface area contributed by atoms with Crippen LogP contribution in [-0.4, -0.2) is 46.1 Å². The van der Waals surface area contributed by atoms with Gasteiger partial charge in [-0.2, -0.15) is 0 Å². The lowest BCUT2D eigenvalue weighted by molar-refractivity contribution is 0.177. The lowest BCUT2D eigenvalue weighted by Crippen LogP contribution is -2.49. The summed E-state index contributed by atoms with van der Waals surface area (Å²) >= 11 is 5.47. The van der Waals surface area contributed by atoms with Crippen molar-refractivity contribution in [2.24, 2.45) is 0 Å². The molecule has 2 aromatic rings. The molecule has 1 aliphatic heterocycles. The summed E-state index contributed by atoms with van der Waals surface area (Å²) in [6, 6.07) is 9.19. The highest BCUT2D eigenvalue weighted by atomic mass is 32.1. The molecule has 1 aliphatic rings. The van der Waals surface area contributed by atoms with Crippen LogP contribution < -0.4 is 5.32 Å². The second kappa shape index (κ2) is 7.68. The van der Waals surface area contributed by atoms with Crippen molar-refractivity contribution in [1.29, 1.82) is 0 Å². The number of benzene rings is 1. The average Bonchev–Trinajstić information content (AvgIpc) is 2.60. The molecule has 0 bridgehead atoms. The van der Waals surface area contributed by atoms with Crippen molar-refractivity contribution in [2.45, 2.75) is 13.5 Å². The third-order valence-corrected chi connectivity index (χ3v) is 4.60. The number of nitrogens with one attached hydrogen (secondary N) is 1. The van der Waals surface area contributed by atoms with E-state index in [1.54, 1.807) is 13.0 Å². The van der Waals surface area contributed by atoms with E-state index < -0.39 is 0 Å². The van der Waals surface area contributed by atoms with E-state index in [-0.39, 0.29) is 5.82 Å². The Morgan fingerprint density at radius 1 is 1.17 bits per heavy atom. The van der Waals surface area contributed by atoms with Crippen molar-refractivity contribution in [2.75, 3.05) is 31.5 Å². The summed E-state index contributed by atoms with van der Waals surface area (Å²) in [6.07, 6.45) is 3.65. The highest BCUT2D eigenvalue weighted by molar-refractivity contribution is 7.80. The van der Waals surface area contributed by atoms with E-state index in [1.165, 1.54) is 11.6 Å². The molecule has 2 heterocycles. The Hall–Kier alpha value is -2.05. The molecular weight excluding hydrogens is 323 g/mol. The van der Waals surface area contributed by atoms with Gasteiger partial charge < -0.3 is 10.2 Å². The second-order valence-electron chi connectivity index (χ2n) is 6.01. The van der Waals surface area contributed by atoms with E-state index in [4.69, 9.17) is 12.2 Å². The summed E-state index contributed by atoms with van der Waals surface area (Å²) in [5.74, 6) is -0.218. The Balaban J connectivity index is 1.50. The van der Waals surface area contributed by atoms with Gasteiger partial charge in [-0.05, 0) is 54.5 Å². The first-order chi connectivity index (χ1) is 11.6. The van der Waals surface area contributed by atoms with Crippen molar-refractivity contribution in [3.63, 3.8) is 0 Å². The number of hydrogen-bond donors (Lipinski definition) is 1. The molecule has 4 nitrogen and oxygen atoms in total. The van der Waals surface area contributed by atoms with Gasteiger partial charge in [0.1, 0.15) is 5.82 Å². The standard InChI is InChI=1S/C18H21FN4S/c1-14-2-3-16(12-17(14)19)21-18(24)23-10-8-22(9-11-23)13-15-4-6-20-7-5-15/h2-7,12H,8-11,13H2,1H3,(H,21,24). The third kappa shape index (κ3) is 4.27. The van der Waals surface area contributed by atoms with Crippen LogP contribution in [0.4, 0.5) is 10.1 Å². The molecule has 0 atom stereocenters. The molecule has 126 valence electrons. The smallest absolute Gasteiger partial charge is 0.173 e. The molecule has 0 spiro atoms. The van der Waals surface area contributed by atoms with E-state index in [9.17, 15) is 4.39 Å². The van der Waals surface area contributed by atoms with Gasteiger partial charge in [-0.1, -0.05) is 6.07 Å². The number of rotatable bonds is 3. The minimum atomic E-state index is -0.218. The maximum absolute atomic E-state index is 13.6. The van der Waals surface area contributed by atoms with Crippen LogP contribution in [0.25, 0.3) is 0 Å². The molecule has 0 unspecified atom stereocenters. The van der Waals surface area contributed by atoms with Crippen LogP contribution >= 0.6 is 12.2 Å². The van der Waals surface area contributed by atoms with E-state index in [2.05, 4.69) is 20.1 Å². The lowest BCUT2D eigenvalue weighted by atomic mass is 10.2. The number of piperazine rings is 1.